The minimum Gasteiger partial charge on any atom is -0.457 e. The van der Waals surface area contributed by atoms with E-state index in [1.165, 1.54) is 0 Å². The smallest absolute Gasteiger partial charge is 0.410 e. The SMILES string of the molecule is CC(C)(C)OC(=O)N1CC(c2cn(-c3ccc(Oc4ccccc4)cc3)c(C#N)c2N)CCC1c1cn(-c2ccc(Oc3ccccc3)cc2)c(C#N)c1N. The van der Waals surface area contributed by atoms with Crippen LogP contribution in [0.2, 0.25) is 0 Å². The van der Waals surface area contributed by atoms with E-state index < -0.39 is 17.7 Å². The highest BCUT2D eigenvalue weighted by molar-refractivity contribution is 5.72. The van der Waals surface area contributed by atoms with E-state index in [1.54, 1.807) is 14.0 Å². The number of hydrogen-bond donors (Lipinski definition) is 2. The lowest BCUT2D eigenvalue weighted by atomic mass is 9.85. The van der Waals surface area contributed by atoms with Crippen molar-refractivity contribution < 1.29 is 19.0 Å². The van der Waals surface area contributed by atoms with Crippen molar-refractivity contribution in [3.63, 3.8) is 0 Å². The third-order valence-corrected chi connectivity index (χ3v) is 9.56. The van der Waals surface area contributed by atoms with Gasteiger partial charge in [0.15, 0.2) is 0 Å². The number of anilines is 2. The van der Waals surface area contributed by atoms with E-state index in [0.717, 1.165) is 17.0 Å². The third-order valence-electron chi connectivity index (χ3n) is 9.56. The summed E-state index contributed by atoms with van der Waals surface area (Å²) >= 11 is 0. The molecule has 11 heteroatoms. The fraction of sp³-hybridized carbons (Fsp3) is 0.205. The van der Waals surface area contributed by atoms with E-state index >= 15 is 0 Å². The molecule has 0 bridgehead atoms. The molecule has 1 amide bonds. The lowest BCUT2D eigenvalue weighted by Gasteiger charge is -2.40. The third kappa shape index (κ3) is 7.68. The molecule has 276 valence electrons. The number of likely N-dealkylation sites (tertiary alicyclic amines) is 1. The van der Waals surface area contributed by atoms with Crippen molar-refractivity contribution in [2.45, 2.75) is 51.2 Å². The average Bonchev–Trinajstić information content (AvgIpc) is 3.70. The topological polar surface area (TPSA) is 157 Å². The minimum atomic E-state index is -0.764. The van der Waals surface area contributed by atoms with E-state index in [-0.39, 0.29) is 18.2 Å². The van der Waals surface area contributed by atoms with Gasteiger partial charge in [-0.1, -0.05) is 36.4 Å². The summed E-state index contributed by atoms with van der Waals surface area (Å²) in [6, 6.07) is 37.8. The Hall–Kier alpha value is -7.11. The molecule has 0 radical (unpaired) electrons. The molecule has 0 saturated carbocycles. The Labute approximate surface area is 320 Å². The molecule has 4 aromatic carbocycles. The Morgan fingerprint density at radius 2 is 1.09 bits per heavy atom. The molecule has 1 saturated heterocycles. The second-order valence-corrected chi connectivity index (χ2v) is 14.4. The van der Waals surface area contributed by atoms with Gasteiger partial charge >= 0.3 is 6.09 Å². The summed E-state index contributed by atoms with van der Waals surface area (Å²) in [6.45, 7) is 5.70. The maximum atomic E-state index is 14.0. The number of rotatable bonds is 8. The highest BCUT2D eigenvalue weighted by Crippen LogP contribution is 2.44. The molecule has 1 aliphatic heterocycles. The van der Waals surface area contributed by atoms with E-state index in [4.69, 9.17) is 25.7 Å². The summed E-state index contributed by atoms with van der Waals surface area (Å²) in [6.07, 6.45) is 4.33. The average molecular weight is 732 g/mol. The molecular formula is C44H41N7O4. The number of nitriles is 2. The van der Waals surface area contributed by atoms with Gasteiger partial charge in [-0.3, -0.25) is 0 Å². The number of nitrogens with two attached hydrogens (primary N) is 2. The van der Waals surface area contributed by atoms with Crippen LogP contribution in [0.25, 0.3) is 11.4 Å². The molecule has 0 aliphatic carbocycles. The normalized spacial score (nSPS) is 15.5. The van der Waals surface area contributed by atoms with Crippen LogP contribution in [-0.2, 0) is 4.74 Å². The second-order valence-electron chi connectivity index (χ2n) is 14.4. The molecule has 3 heterocycles. The maximum Gasteiger partial charge on any atom is 0.410 e. The fourth-order valence-corrected chi connectivity index (χ4v) is 6.97. The lowest BCUT2D eigenvalue weighted by molar-refractivity contribution is 0.00712. The van der Waals surface area contributed by atoms with Crippen molar-refractivity contribution in [3.05, 3.63) is 144 Å². The quantitative estimate of drug-likeness (QED) is 0.157. The number of para-hydroxylation sites is 2. The summed E-state index contributed by atoms with van der Waals surface area (Å²) in [7, 11) is 0. The van der Waals surface area contributed by atoms with E-state index in [2.05, 4.69) is 12.1 Å². The minimum absolute atomic E-state index is 0.214. The van der Waals surface area contributed by atoms with Crippen LogP contribution in [0.5, 0.6) is 23.0 Å². The van der Waals surface area contributed by atoms with Crippen molar-refractivity contribution in [1.29, 1.82) is 10.5 Å². The van der Waals surface area contributed by atoms with Gasteiger partial charge < -0.3 is 39.7 Å². The molecule has 1 aliphatic rings. The molecule has 7 rings (SSSR count). The molecule has 1 fully saturated rings. The molecule has 2 unspecified atom stereocenters. The van der Waals surface area contributed by atoms with Gasteiger partial charge in [0.05, 0.1) is 17.4 Å². The summed E-state index contributed by atoms with van der Waals surface area (Å²) < 4.78 is 21.4. The first-order valence-corrected chi connectivity index (χ1v) is 18.0. The zero-order valence-corrected chi connectivity index (χ0v) is 30.8. The van der Waals surface area contributed by atoms with Crippen molar-refractivity contribution >= 4 is 17.5 Å². The molecule has 4 N–H and O–H groups in total. The first kappa shape index (κ1) is 36.3. The number of hydrogen-bond acceptors (Lipinski definition) is 8. The largest absolute Gasteiger partial charge is 0.457 e. The van der Waals surface area contributed by atoms with Crippen molar-refractivity contribution in [3.8, 4) is 46.5 Å². The molecule has 2 atom stereocenters. The highest BCUT2D eigenvalue weighted by Gasteiger charge is 2.39. The summed E-state index contributed by atoms with van der Waals surface area (Å²) in [4.78, 5) is 15.7. The van der Waals surface area contributed by atoms with Crippen molar-refractivity contribution in [2.24, 2.45) is 0 Å². The number of amides is 1. The van der Waals surface area contributed by atoms with Crippen molar-refractivity contribution in [2.75, 3.05) is 18.0 Å². The number of carbonyl (C=O) groups is 1. The predicted molar refractivity (Wildman–Crippen MR) is 210 cm³/mol. The summed E-state index contributed by atoms with van der Waals surface area (Å²) in [5, 5.41) is 20.5. The molecule has 0 spiro atoms. The van der Waals surface area contributed by atoms with Crippen LogP contribution < -0.4 is 20.9 Å². The Bertz CT molecular complexity index is 2380. The Morgan fingerprint density at radius 1 is 0.655 bits per heavy atom. The van der Waals surface area contributed by atoms with Crippen LogP contribution in [0.1, 0.15) is 68.1 Å². The van der Waals surface area contributed by atoms with Gasteiger partial charge in [-0.25, -0.2) is 4.79 Å². The number of aromatic nitrogens is 2. The second kappa shape index (κ2) is 15.1. The van der Waals surface area contributed by atoms with Gasteiger partial charge in [-0.15, -0.1) is 0 Å². The number of nitrogens with zero attached hydrogens (tertiary/aromatic N) is 5. The van der Waals surface area contributed by atoms with Crippen LogP contribution in [-0.4, -0.2) is 32.3 Å². The Kier molecular flexibility index (Phi) is 9.95. The van der Waals surface area contributed by atoms with E-state index in [9.17, 15) is 15.3 Å². The van der Waals surface area contributed by atoms with Gasteiger partial charge in [0.25, 0.3) is 0 Å². The fourth-order valence-electron chi connectivity index (χ4n) is 6.97. The Balaban J connectivity index is 1.17. The van der Waals surface area contributed by atoms with Crippen LogP contribution in [0.15, 0.2) is 122 Å². The highest BCUT2D eigenvalue weighted by atomic mass is 16.6. The molecular weight excluding hydrogens is 691 g/mol. The van der Waals surface area contributed by atoms with Gasteiger partial charge in [0.2, 0.25) is 0 Å². The van der Waals surface area contributed by atoms with Gasteiger partial charge in [-0.05, 0) is 112 Å². The maximum absolute atomic E-state index is 14.0. The standard InChI is InChI=1S/C44H41N7O4/c1-44(2,3)55-43(52)51-26-29(36-27-49(39(24-45)41(36)47)30-15-19-34(20-16-30)53-32-10-6-4-7-11-32)14-23-38(51)37-28-50(40(25-46)42(37)48)31-17-21-35(22-18-31)54-33-12-8-5-9-13-33/h4-13,15-22,27-29,38H,14,23,26,47-48H2,1-3H3. The number of ether oxygens (including phenoxy) is 3. The molecule has 55 heavy (non-hydrogen) atoms. The van der Waals surface area contributed by atoms with E-state index in [0.29, 0.717) is 58.4 Å². The van der Waals surface area contributed by atoms with Gasteiger partial charge in [0.1, 0.15) is 52.1 Å². The van der Waals surface area contributed by atoms with Gasteiger partial charge in [0, 0.05) is 41.8 Å². The molecule has 6 aromatic rings. The monoisotopic (exact) mass is 731 g/mol. The number of carbonyl (C=O) groups excluding carboxylic acids is 1. The molecule has 2 aromatic heterocycles. The number of benzene rings is 4. The Morgan fingerprint density at radius 3 is 1.55 bits per heavy atom. The van der Waals surface area contributed by atoms with Gasteiger partial charge in [-0.2, -0.15) is 10.5 Å². The summed E-state index contributed by atoms with van der Waals surface area (Å²) in [5.74, 6) is 2.51. The molecule has 11 nitrogen and oxygen atoms in total. The zero-order valence-electron chi connectivity index (χ0n) is 30.8. The predicted octanol–water partition coefficient (Wildman–Crippen LogP) is 9.62. The number of nitrogen functional groups attached to an aromatic ring is 2. The van der Waals surface area contributed by atoms with Crippen LogP contribution in [0.3, 0.4) is 0 Å². The van der Waals surface area contributed by atoms with Crippen LogP contribution >= 0.6 is 0 Å². The van der Waals surface area contributed by atoms with E-state index in [1.807, 2.05) is 142 Å². The summed E-state index contributed by atoms with van der Waals surface area (Å²) in [5.41, 5.74) is 16.7. The van der Waals surface area contributed by atoms with Crippen LogP contribution in [0, 0.1) is 22.7 Å². The lowest BCUT2D eigenvalue weighted by Crippen LogP contribution is -2.44. The zero-order chi connectivity index (χ0) is 38.7. The van der Waals surface area contributed by atoms with Crippen molar-refractivity contribution in [1.82, 2.24) is 14.0 Å². The number of piperidine rings is 1. The van der Waals surface area contributed by atoms with Crippen LogP contribution in [0.4, 0.5) is 16.2 Å². The first-order chi connectivity index (χ1) is 26.5. The first-order valence-electron chi connectivity index (χ1n) is 18.0.